The minimum absolute atomic E-state index is 0.0254. The lowest BCUT2D eigenvalue weighted by atomic mass is 9.78. The van der Waals surface area contributed by atoms with Crippen LogP contribution in [0, 0.1) is 23.2 Å². The zero-order chi connectivity index (χ0) is 13.0. The maximum absolute atomic E-state index is 11.7. The maximum Gasteiger partial charge on any atom is 0.234 e. The van der Waals surface area contributed by atoms with Crippen molar-refractivity contribution < 1.29 is 4.79 Å². The number of carbonyl (C=O) groups is 1. The van der Waals surface area contributed by atoms with Gasteiger partial charge in [-0.3, -0.25) is 9.69 Å². The summed E-state index contributed by atoms with van der Waals surface area (Å²) in [5, 5.41) is 11.2. The number of rotatable bonds is 4. The molecule has 0 spiro atoms. The van der Waals surface area contributed by atoms with Gasteiger partial charge >= 0.3 is 0 Å². The van der Waals surface area contributed by atoms with Crippen LogP contribution in [0.3, 0.4) is 0 Å². The molecule has 2 fully saturated rings. The van der Waals surface area contributed by atoms with E-state index in [0.29, 0.717) is 37.4 Å². The van der Waals surface area contributed by atoms with Gasteiger partial charge in [0.1, 0.15) is 0 Å². The van der Waals surface area contributed by atoms with Crippen LogP contribution in [-0.2, 0) is 4.79 Å². The number of hydrogen-bond donors (Lipinski definition) is 2. The highest BCUT2D eigenvalue weighted by Gasteiger charge is 2.38. The number of hydrogen-bond acceptors (Lipinski definition) is 4. The number of nitrogens with one attached hydrogen (secondary N) is 1. The minimum atomic E-state index is 0.0254. The SMILES string of the molecule is N#CCCNC(=O)CN1CC2CCCC(N)C2C1. The summed E-state index contributed by atoms with van der Waals surface area (Å²) in [5.41, 5.74) is 6.15. The van der Waals surface area contributed by atoms with E-state index in [-0.39, 0.29) is 5.91 Å². The zero-order valence-electron chi connectivity index (χ0n) is 10.8. The summed E-state index contributed by atoms with van der Waals surface area (Å²) in [7, 11) is 0. The smallest absolute Gasteiger partial charge is 0.234 e. The summed E-state index contributed by atoms with van der Waals surface area (Å²) in [4.78, 5) is 13.9. The lowest BCUT2D eigenvalue weighted by Crippen LogP contribution is -2.39. The highest BCUT2D eigenvalue weighted by Crippen LogP contribution is 2.35. The quantitative estimate of drug-likeness (QED) is 0.692. The summed E-state index contributed by atoms with van der Waals surface area (Å²) >= 11 is 0. The fourth-order valence-electron chi connectivity index (χ4n) is 3.25. The van der Waals surface area contributed by atoms with Crippen molar-refractivity contribution in [1.29, 1.82) is 5.26 Å². The van der Waals surface area contributed by atoms with Gasteiger partial charge in [0, 0.05) is 25.7 Å². The molecule has 18 heavy (non-hydrogen) atoms. The zero-order valence-corrected chi connectivity index (χ0v) is 10.8. The first-order valence-electron chi connectivity index (χ1n) is 6.82. The molecule has 3 unspecified atom stereocenters. The predicted molar refractivity (Wildman–Crippen MR) is 68.5 cm³/mol. The second kappa shape index (κ2) is 6.17. The van der Waals surface area contributed by atoms with Crippen molar-refractivity contribution in [1.82, 2.24) is 10.2 Å². The highest BCUT2D eigenvalue weighted by atomic mass is 16.2. The van der Waals surface area contributed by atoms with E-state index in [0.717, 1.165) is 19.5 Å². The molecule has 1 saturated heterocycles. The van der Waals surface area contributed by atoms with Crippen LogP contribution >= 0.6 is 0 Å². The lowest BCUT2D eigenvalue weighted by molar-refractivity contribution is -0.122. The number of amides is 1. The standard InChI is InChI=1S/C13H22N4O/c14-5-2-6-16-13(18)9-17-7-10-3-1-4-12(15)11(10)8-17/h10-12H,1-4,6-9,15H2,(H,16,18). The Hall–Kier alpha value is -1.12. The number of likely N-dealkylation sites (tertiary alicyclic amines) is 1. The van der Waals surface area contributed by atoms with Gasteiger partial charge in [0.15, 0.2) is 0 Å². The van der Waals surface area contributed by atoms with Crippen LogP contribution in [0.4, 0.5) is 0 Å². The van der Waals surface area contributed by atoms with Gasteiger partial charge in [-0.1, -0.05) is 6.42 Å². The fourth-order valence-corrected chi connectivity index (χ4v) is 3.25. The molecule has 1 saturated carbocycles. The van der Waals surface area contributed by atoms with Crippen molar-refractivity contribution >= 4 is 5.91 Å². The Morgan fingerprint density at radius 1 is 1.44 bits per heavy atom. The first-order chi connectivity index (χ1) is 8.70. The van der Waals surface area contributed by atoms with Gasteiger partial charge in [-0.05, 0) is 24.7 Å². The first-order valence-corrected chi connectivity index (χ1v) is 6.82. The Labute approximate surface area is 108 Å². The lowest BCUT2D eigenvalue weighted by Gasteiger charge is -2.29. The topological polar surface area (TPSA) is 82.2 Å². The second-order valence-electron chi connectivity index (χ2n) is 5.47. The van der Waals surface area contributed by atoms with E-state index in [1.165, 1.54) is 12.8 Å². The van der Waals surface area contributed by atoms with Crippen LogP contribution in [0.15, 0.2) is 0 Å². The molecule has 0 radical (unpaired) electrons. The molecule has 1 aliphatic carbocycles. The van der Waals surface area contributed by atoms with Crippen molar-refractivity contribution in [2.45, 2.75) is 31.7 Å². The van der Waals surface area contributed by atoms with E-state index < -0.39 is 0 Å². The van der Waals surface area contributed by atoms with Crippen LogP contribution in [-0.4, -0.2) is 43.0 Å². The molecule has 1 amide bonds. The molecule has 1 aliphatic heterocycles. The summed E-state index contributed by atoms with van der Waals surface area (Å²) in [6.45, 7) is 2.86. The molecule has 0 aromatic rings. The Bertz CT molecular complexity index is 338. The molecule has 5 nitrogen and oxygen atoms in total. The Morgan fingerprint density at radius 3 is 3.00 bits per heavy atom. The van der Waals surface area contributed by atoms with Crippen molar-refractivity contribution in [3.05, 3.63) is 0 Å². The fraction of sp³-hybridized carbons (Fsp3) is 0.846. The van der Waals surface area contributed by atoms with Crippen LogP contribution in [0.2, 0.25) is 0 Å². The highest BCUT2D eigenvalue weighted by molar-refractivity contribution is 5.78. The number of nitrogens with two attached hydrogens (primary N) is 1. The van der Waals surface area contributed by atoms with Crippen LogP contribution in [0.25, 0.3) is 0 Å². The van der Waals surface area contributed by atoms with E-state index in [9.17, 15) is 4.79 Å². The Balaban J connectivity index is 1.75. The van der Waals surface area contributed by atoms with Crippen molar-refractivity contribution in [3.63, 3.8) is 0 Å². The van der Waals surface area contributed by atoms with E-state index in [1.54, 1.807) is 0 Å². The third-order valence-electron chi connectivity index (χ3n) is 4.16. The average Bonchev–Trinajstić information content (AvgIpc) is 2.73. The Kier molecular flexibility index (Phi) is 4.56. The van der Waals surface area contributed by atoms with Crippen LogP contribution in [0.5, 0.6) is 0 Å². The molecule has 100 valence electrons. The van der Waals surface area contributed by atoms with Gasteiger partial charge in [-0.2, -0.15) is 5.26 Å². The van der Waals surface area contributed by atoms with Crippen LogP contribution in [0.1, 0.15) is 25.7 Å². The number of fused-ring (bicyclic) bond motifs is 1. The molecule has 1 heterocycles. The van der Waals surface area contributed by atoms with Gasteiger partial charge < -0.3 is 11.1 Å². The number of carbonyl (C=O) groups excluding carboxylic acids is 1. The summed E-state index contributed by atoms with van der Waals surface area (Å²) in [5.74, 6) is 1.28. The monoisotopic (exact) mass is 250 g/mol. The van der Waals surface area contributed by atoms with Gasteiger partial charge in [0.25, 0.3) is 0 Å². The molecule has 3 atom stereocenters. The molecule has 2 rings (SSSR count). The van der Waals surface area contributed by atoms with Crippen molar-refractivity contribution in [2.75, 3.05) is 26.2 Å². The molecule has 0 aromatic heterocycles. The predicted octanol–water partition coefficient (Wildman–Crippen LogP) is 0.0755. The largest absolute Gasteiger partial charge is 0.354 e. The third-order valence-corrected chi connectivity index (χ3v) is 4.16. The van der Waals surface area contributed by atoms with Gasteiger partial charge in [0.2, 0.25) is 5.91 Å². The number of nitrogens with zero attached hydrogens (tertiary/aromatic N) is 2. The molecule has 3 N–H and O–H groups in total. The molecular weight excluding hydrogens is 228 g/mol. The second-order valence-corrected chi connectivity index (χ2v) is 5.47. The molecular formula is C13H22N4O. The number of nitriles is 1. The van der Waals surface area contributed by atoms with Crippen molar-refractivity contribution in [3.8, 4) is 6.07 Å². The maximum atomic E-state index is 11.7. The molecule has 0 bridgehead atoms. The normalized spacial score (nSPS) is 31.7. The Morgan fingerprint density at radius 2 is 2.28 bits per heavy atom. The average molecular weight is 250 g/mol. The van der Waals surface area contributed by atoms with Gasteiger partial charge in [0.05, 0.1) is 19.0 Å². The summed E-state index contributed by atoms with van der Waals surface area (Å²) in [6, 6.07) is 2.33. The van der Waals surface area contributed by atoms with Crippen molar-refractivity contribution in [2.24, 2.45) is 17.6 Å². The van der Waals surface area contributed by atoms with Gasteiger partial charge in [-0.25, -0.2) is 0 Å². The summed E-state index contributed by atoms with van der Waals surface area (Å²) in [6.07, 6.45) is 3.99. The van der Waals surface area contributed by atoms with E-state index >= 15 is 0 Å². The molecule has 5 heteroatoms. The molecule has 0 aromatic carbocycles. The molecule has 2 aliphatic rings. The summed E-state index contributed by atoms with van der Waals surface area (Å²) < 4.78 is 0. The van der Waals surface area contributed by atoms with E-state index in [4.69, 9.17) is 11.0 Å². The van der Waals surface area contributed by atoms with Gasteiger partial charge in [-0.15, -0.1) is 0 Å². The van der Waals surface area contributed by atoms with E-state index in [1.807, 2.05) is 6.07 Å². The first kappa shape index (κ1) is 13.3. The van der Waals surface area contributed by atoms with E-state index in [2.05, 4.69) is 10.2 Å². The van der Waals surface area contributed by atoms with Crippen LogP contribution < -0.4 is 11.1 Å². The minimum Gasteiger partial charge on any atom is -0.354 e. The third kappa shape index (κ3) is 3.21.